The lowest BCUT2D eigenvalue weighted by atomic mass is 10.1. The number of Topliss-reactive ketones (excluding diaryl/α,β-unsaturated/α-hetero) is 2. The van der Waals surface area contributed by atoms with Crippen LogP contribution in [0.3, 0.4) is 0 Å². The van der Waals surface area contributed by atoms with E-state index < -0.39 is 22.6 Å². The van der Waals surface area contributed by atoms with E-state index in [0.29, 0.717) is 0 Å². The maximum absolute atomic E-state index is 12.0. The molecule has 86 valence electrons. The summed E-state index contributed by atoms with van der Waals surface area (Å²) in [5.41, 5.74) is 0.0574. The second-order valence-electron chi connectivity index (χ2n) is 2.95. The van der Waals surface area contributed by atoms with E-state index in [4.69, 9.17) is 0 Å². The van der Waals surface area contributed by atoms with Crippen LogP contribution in [-0.2, 0) is 4.79 Å². The Morgan fingerprint density at radius 3 is 2.06 bits per heavy atom. The Labute approximate surface area is 97.6 Å². The van der Waals surface area contributed by atoms with Crippen LogP contribution in [0.5, 0.6) is 0 Å². The van der Waals surface area contributed by atoms with Crippen molar-refractivity contribution in [3.8, 4) is 0 Å². The highest BCUT2D eigenvalue weighted by molar-refractivity contribution is 9.10. The maximum atomic E-state index is 12.0. The van der Waals surface area contributed by atoms with Gasteiger partial charge in [-0.05, 0) is 0 Å². The van der Waals surface area contributed by atoms with Crippen molar-refractivity contribution in [3.05, 3.63) is 35.9 Å². The number of carbonyl (C=O) groups excluding carboxylic acids is 2. The van der Waals surface area contributed by atoms with Gasteiger partial charge in [0, 0.05) is 5.56 Å². The number of benzene rings is 1. The molecule has 0 saturated heterocycles. The fraction of sp³-hybridized carbons (Fsp3) is 0.200. The van der Waals surface area contributed by atoms with Crippen molar-refractivity contribution in [1.29, 1.82) is 0 Å². The molecule has 16 heavy (non-hydrogen) atoms. The topological polar surface area (TPSA) is 34.1 Å². The molecule has 1 unspecified atom stereocenters. The highest BCUT2D eigenvalue weighted by atomic mass is 79.9. The molecule has 1 atom stereocenters. The van der Waals surface area contributed by atoms with E-state index in [1.165, 1.54) is 24.3 Å². The number of carbonyl (C=O) groups is 2. The molecule has 1 rings (SSSR count). The van der Waals surface area contributed by atoms with Gasteiger partial charge in [-0.3, -0.25) is 9.59 Å². The highest BCUT2D eigenvalue weighted by Gasteiger charge is 2.45. The Morgan fingerprint density at radius 2 is 1.62 bits per heavy atom. The molecule has 0 aliphatic rings. The van der Waals surface area contributed by atoms with Crippen LogP contribution >= 0.6 is 15.9 Å². The molecule has 0 saturated carbocycles. The largest absolute Gasteiger partial charge is 0.451 e. The first-order chi connectivity index (χ1) is 7.34. The first kappa shape index (κ1) is 12.9. The summed E-state index contributed by atoms with van der Waals surface area (Å²) in [6.07, 6.45) is -5.02. The van der Waals surface area contributed by atoms with E-state index in [1.54, 1.807) is 6.07 Å². The Morgan fingerprint density at radius 1 is 1.12 bits per heavy atom. The summed E-state index contributed by atoms with van der Waals surface area (Å²) in [5.74, 6) is -3.00. The van der Waals surface area contributed by atoms with E-state index in [1.807, 2.05) is 0 Å². The molecule has 0 aromatic heterocycles. The first-order valence-corrected chi connectivity index (χ1v) is 5.10. The van der Waals surface area contributed by atoms with Gasteiger partial charge in [0.1, 0.15) is 4.83 Å². The number of halogens is 4. The van der Waals surface area contributed by atoms with Gasteiger partial charge in [-0.15, -0.1) is 0 Å². The number of hydrogen-bond donors (Lipinski definition) is 0. The Kier molecular flexibility index (Phi) is 3.85. The minimum Gasteiger partial charge on any atom is -0.292 e. The van der Waals surface area contributed by atoms with Crippen LogP contribution in [-0.4, -0.2) is 22.6 Å². The molecule has 2 nitrogen and oxygen atoms in total. The van der Waals surface area contributed by atoms with E-state index in [0.717, 1.165) is 0 Å². The summed E-state index contributed by atoms with van der Waals surface area (Å²) < 4.78 is 36.1. The van der Waals surface area contributed by atoms with Gasteiger partial charge in [-0.2, -0.15) is 13.2 Å². The van der Waals surface area contributed by atoms with Crippen LogP contribution in [0.15, 0.2) is 30.3 Å². The molecule has 0 fully saturated rings. The van der Waals surface area contributed by atoms with Gasteiger partial charge in [0.05, 0.1) is 0 Å². The fourth-order valence-corrected chi connectivity index (χ4v) is 1.54. The minimum absolute atomic E-state index is 0.0574. The molecule has 0 heterocycles. The van der Waals surface area contributed by atoms with E-state index in [9.17, 15) is 22.8 Å². The van der Waals surface area contributed by atoms with Gasteiger partial charge in [0.15, 0.2) is 5.78 Å². The lowest BCUT2D eigenvalue weighted by Crippen LogP contribution is -2.35. The molecule has 6 heteroatoms. The van der Waals surface area contributed by atoms with E-state index >= 15 is 0 Å². The van der Waals surface area contributed by atoms with Gasteiger partial charge in [-0.1, -0.05) is 46.3 Å². The van der Waals surface area contributed by atoms with Crippen molar-refractivity contribution in [2.75, 3.05) is 0 Å². The van der Waals surface area contributed by atoms with Crippen molar-refractivity contribution in [3.63, 3.8) is 0 Å². The van der Waals surface area contributed by atoms with Gasteiger partial charge in [-0.25, -0.2) is 0 Å². The van der Waals surface area contributed by atoms with Crippen molar-refractivity contribution in [2.24, 2.45) is 0 Å². The molecule has 0 aliphatic heterocycles. The summed E-state index contributed by atoms with van der Waals surface area (Å²) in [7, 11) is 0. The fourth-order valence-electron chi connectivity index (χ4n) is 1.01. The van der Waals surface area contributed by atoms with Crippen LogP contribution in [0.1, 0.15) is 10.4 Å². The summed E-state index contributed by atoms with van der Waals surface area (Å²) in [4.78, 5) is 20.4. The number of hydrogen-bond acceptors (Lipinski definition) is 2. The SMILES string of the molecule is O=C(c1ccccc1)C(Br)C(=O)C(F)(F)F. The third-order valence-corrected chi connectivity index (χ3v) is 2.63. The molecule has 1 aromatic carbocycles. The van der Waals surface area contributed by atoms with E-state index in [-0.39, 0.29) is 5.56 Å². The monoisotopic (exact) mass is 294 g/mol. The highest BCUT2D eigenvalue weighted by Crippen LogP contribution is 2.23. The molecule has 0 amide bonds. The lowest BCUT2D eigenvalue weighted by molar-refractivity contribution is -0.169. The van der Waals surface area contributed by atoms with Crippen LogP contribution < -0.4 is 0 Å². The lowest BCUT2D eigenvalue weighted by Gasteiger charge is -2.10. The summed E-state index contributed by atoms with van der Waals surface area (Å²) >= 11 is 2.46. The first-order valence-electron chi connectivity index (χ1n) is 4.18. The van der Waals surface area contributed by atoms with Crippen LogP contribution in [0, 0.1) is 0 Å². The predicted molar refractivity (Wildman–Crippen MR) is 54.5 cm³/mol. The predicted octanol–water partition coefficient (Wildman–Crippen LogP) is 2.76. The van der Waals surface area contributed by atoms with Crippen molar-refractivity contribution >= 4 is 27.5 Å². The second kappa shape index (κ2) is 4.78. The normalized spacial score (nSPS) is 13.2. The zero-order chi connectivity index (χ0) is 12.3. The van der Waals surface area contributed by atoms with Crippen molar-refractivity contribution < 1.29 is 22.8 Å². The molecular weight excluding hydrogens is 289 g/mol. The maximum Gasteiger partial charge on any atom is 0.451 e. The average Bonchev–Trinajstić information content (AvgIpc) is 2.26. The minimum atomic E-state index is -5.02. The average molecular weight is 295 g/mol. The summed E-state index contributed by atoms with van der Waals surface area (Å²) in [6, 6.07) is 7.32. The molecule has 0 spiro atoms. The van der Waals surface area contributed by atoms with Gasteiger partial charge < -0.3 is 0 Å². The third-order valence-electron chi connectivity index (χ3n) is 1.80. The van der Waals surface area contributed by atoms with E-state index in [2.05, 4.69) is 15.9 Å². The third kappa shape index (κ3) is 2.91. The number of rotatable bonds is 3. The second-order valence-corrected chi connectivity index (χ2v) is 3.87. The molecule has 0 aliphatic carbocycles. The number of ketones is 2. The zero-order valence-corrected chi connectivity index (χ0v) is 9.38. The van der Waals surface area contributed by atoms with Crippen LogP contribution in [0.2, 0.25) is 0 Å². The number of alkyl halides is 4. The van der Waals surface area contributed by atoms with Gasteiger partial charge in [0.25, 0.3) is 5.78 Å². The summed E-state index contributed by atoms with van der Waals surface area (Å²) in [6.45, 7) is 0. The quantitative estimate of drug-likeness (QED) is 0.488. The zero-order valence-electron chi connectivity index (χ0n) is 7.79. The summed E-state index contributed by atoms with van der Waals surface area (Å²) in [5, 5.41) is 0. The van der Waals surface area contributed by atoms with Gasteiger partial charge in [0.2, 0.25) is 0 Å². The van der Waals surface area contributed by atoms with Crippen molar-refractivity contribution in [1.82, 2.24) is 0 Å². The Balaban J connectivity index is 2.88. The molecule has 0 bridgehead atoms. The standard InChI is InChI=1S/C10H6BrF3O2/c11-7(9(16)10(12,13)14)8(15)6-4-2-1-3-5-6/h1-5,7H. The Bertz CT molecular complexity index is 400. The smallest absolute Gasteiger partial charge is 0.292 e. The molecular formula is C10H6BrF3O2. The van der Waals surface area contributed by atoms with Crippen LogP contribution in [0.4, 0.5) is 13.2 Å². The Hall–Kier alpha value is -1.17. The molecule has 1 aromatic rings. The van der Waals surface area contributed by atoms with Crippen molar-refractivity contribution in [2.45, 2.75) is 11.0 Å². The van der Waals surface area contributed by atoms with Crippen LogP contribution in [0.25, 0.3) is 0 Å². The molecule has 0 radical (unpaired) electrons. The molecule has 0 N–H and O–H groups in total. The van der Waals surface area contributed by atoms with Gasteiger partial charge >= 0.3 is 6.18 Å².